The van der Waals surface area contributed by atoms with E-state index in [2.05, 4.69) is 5.32 Å². The highest BCUT2D eigenvalue weighted by Gasteiger charge is 2.42. The maximum atomic E-state index is 12.5. The minimum Gasteiger partial charge on any atom is -0.370 e. The Hall–Kier alpha value is -1.39. The van der Waals surface area contributed by atoms with Crippen LogP contribution in [0.5, 0.6) is 0 Å². The number of nitrogens with two attached hydrogens (primary N) is 1. The van der Waals surface area contributed by atoms with Gasteiger partial charge in [-0.25, -0.2) is 0 Å². The van der Waals surface area contributed by atoms with Gasteiger partial charge in [-0.2, -0.15) is 0 Å². The van der Waals surface area contributed by atoms with Crippen molar-refractivity contribution in [3.05, 3.63) is 34.9 Å². The van der Waals surface area contributed by atoms with E-state index in [0.29, 0.717) is 24.4 Å². The number of carbonyl (C=O) groups is 2. The zero-order chi connectivity index (χ0) is 14.6. The van der Waals surface area contributed by atoms with Crippen LogP contribution >= 0.6 is 11.6 Å². The smallest absolute Gasteiger partial charge is 0.218 e. The predicted octanol–water partition coefficient (Wildman–Crippen LogP) is 2.14. The summed E-state index contributed by atoms with van der Waals surface area (Å²) in [6.07, 6.45) is 3.31. The van der Waals surface area contributed by atoms with E-state index in [1.807, 2.05) is 18.2 Å². The number of hydrogen-bond acceptors (Lipinski definition) is 3. The van der Waals surface area contributed by atoms with Gasteiger partial charge in [-0.1, -0.05) is 36.2 Å². The van der Waals surface area contributed by atoms with Crippen LogP contribution in [0.2, 0.25) is 5.02 Å². The van der Waals surface area contributed by atoms with Crippen molar-refractivity contribution >= 4 is 23.3 Å². The summed E-state index contributed by atoms with van der Waals surface area (Å²) in [7, 11) is 0. The number of carbonyl (C=O) groups excluding carboxylic acids is 2. The summed E-state index contributed by atoms with van der Waals surface area (Å²) >= 11 is 6.27. The van der Waals surface area contributed by atoms with Gasteiger partial charge < -0.3 is 11.1 Å². The fourth-order valence-corrected chi connectivity index (χ4v) is 3.10. The first kappa shape index (κ1) is 15.0. The van der Waals surface area contributed by atoms with Crippen LogP contribution in [0.4, 0.5) is 0 Å². The molecule has 1 saturated carbocycles. The van der Waals surface area contributed by atoms with Gasteiger partial charge in [0, 0.05) is 24.4 Å². The van der Waals surface area contributed by atoms with Crippen molar-refractivity contribution in [2.45, 2.75) is 37.6 Å². The molecule has 0 saturated heterocycles. The van der Waals surface area contributed by atoms with Crippen LogP contribution in [0.1, 0.15) is 37.7 Å². The second kappa shape index (κ2) is 6.37. The Morgan fingerprint density at radius 3 is 2.75 bits per heavy atom. The van der Waals surface area contributed by atoms with Gasteiger partial charge in [0.1, 0.15) is 5.54 Å². The molecule has 1 aromatic rings. The lowest BCUT2D eigenvalue weighted by molar-refractivity contribution is -0.128. The van der Waals surface area contributed by atoms with Gasteiger partial charge in [-0.15, -0.1) is 0 Å². The number of Topliss-reactive ketones (excluding diaryl/α,β-unsaturated/α-hetero) is 1. The number of halogens is 1. The summed E-state index contributed by atoms with van der Waals surface area (Å²) in [5.41, 5.74) is 5.19. The number of nitrogens with one attached hydrogen (secondary N) is 1. The third-order valence-electron chi connectivity index (χ3n) is 3.81. The molecule has 0 aliphatic heterocycles. The Kier molecular flexibility index (Phi) is 4.78. The molecule has 1 fully saturated rings. The molecule has 0 bridgehead atoms. The summed E-state index contributed by atoms with van der Waals surface area (Å²) < 4.78 is 0. The van der Waals surface area contributed by atoms with Crippen molar-refractivity contribution in [2.75, 3.05) is 6.54 Å². The summed E-state index contributed by atoms with van der Waals surface area (Å²) in [4.78, 5) is 23.4. The molecule has 2 rings (SSSR count). The van der Waals surface area contributed by atoms with Crippen LogP contribution in [-0.2, 0) is 15.1 Å². The molecule has 4 nitrogen and oxygen atoms in total. The number of primary amides is 1. The molecule has 20 heavy (non-hydrogen) atoms. The van der Waals surface area contributed by atoms with E-state index in [1.165, 1.54) is 0 Å². The molecule has 1 aromatic carbocycles. The third kappa shape index (κ3) is 3.02. The zero-order valence-corrected chi connectivity index (χ0v) is 12.1. The van der Waals surface area contributed by atoms with E-state index >= 15 is 0 Å². The topological polar surface area (TPSA) is 72.2 Å². The van der Waals surface area contributed by atoms with E-state index in [4.69, 9.17) is 17.3 Å². The quantitative estimate of drug-likeness (QED) is 0.874. The normalized spacial score (nSPS) is 22.8. The minimum atomic E-state index is -0.772. The van der Waals surface area contributed by atoms with Crippen LogP contribution in [-0.4, -0.2) is 18.2 Å². The number of benzene rings is 1. The lowest BCUT2D eigenvalue weighted by Gasteiger charge is -2.37. The van der Waals surface area contributed by atoms with Crippen molar-refractivity contribution in [1.82, 2.24) is 5.32 Å². The van der Waals surface area contributed by atoms with Crippen molar-refractivity contribution < 1.29 is 9.59 Å². The predicted molar refractivity (Wildman–Crippen MR) is 78.4 cm³/mol. The Balaban J connectivity index is 2.31. The fraction of sp³-hybridized carbons (Fsp3) is 0.467. The number of hydrogen-bond donors (Lipinski definition) is 2. The van der Waals surface area contributed by atoms with Gasteiger partial charge in [0.05, 0.1) is 0 Å². The lowest BCUT2D eigenvalue weighted by atomic mass is 9.75. The van der Waals surface area contributed by atoms with Crippen LogP contribution in [0.3, 0.4) is 0 Å². The Morgan fingerprint density at radius 2 is 2.10 bits per heavy atom. The molecule has 108 valence electrons. The molecule has 1 aliphatic rings. The second-order valence-electron chi connectivity index (χ2n) is 5.16. The highest BCUT2D eigenvalue weighted by atomic mass is 35.5. The molecular weight excluding hydrogens is 276 g/mol. The van der Waals surface area contributed by atoms with Gasteiger partial charge in [-0.05, 0) is 24.5 Å². The van der Waals surface area contributed by atoms with Gasteiger partial charge in [0.15, 0.2) is 5.78 Å². The van der Waals surface area contributed by atoms with Crippen LogP contribution < -0.4 is 11.1 Å². The summed E-state index contributed by atoms with van der Waals surface area (Å²) in [6.45, 7) is 0.381. The van der Waals surface area contributed by atoms with E-state index in [1.54, 1.807) is 6.07 Å². The zero-order valence-electron chi connectivity index (χ0n) is 11.3. The average molecular weight is 295 g/mol. The Morgan fingerprint density at radius 1 is 1.35 bits per heavy atom. The summed E-state index contributed by atoms with van der Waals surface area (Å²) in [6, 6.07) is 7.38. The highest BCUT2D eigenvalue weighted by Crippen LogP contribution is 2.37. The first-order chi connectivity index (χ1) is 9.56. The van der Waals surface area contributed by atoms with Gasteiger partial charge in [-0.3, -0.25) is 9.59 Å². The van der Waals surface area contributed by atoms with E-state index in [9.17, 15) is 9.59 Å². The molecule has 0 radical (unpaired) electrons. The van der Waals surface area contributed by atoms with Crippen LogP contribution in [0, 0.1) is 0 Å². The first-order valence-electron chi connectivity index (χ1n) is 6.88. The largest absolute Gasteiger partial charge is 0.370 e. The number of rotatable bonds is 5. The van der Waals surface area contributed by atoms with Crippen LogP contribution in [0.25, 0.3) is 0 Å². The molecule has 1 amide bonds. The fourth-order valence-electron chi connectivity index (χ4n) is 2.80. The molecule has 0 heterocycles. The van der Waals surface area contributed by atoms with Crippen molar-refractivity contribution in [3.8, 4) is 0 Å². The van der Waals surface area contributed by atoms with E-state index in [0.717, 1.165) is 18.4 Å². The minimum absolute atomic E-state index is 0.140. The SMILES string of the molecule is NC(=O)CCNC1(c2ccccc2Cl)CCCCC1=O. The lowest BCUT2D eigenvalue weighted by Crippen LogP contribution is -2.51. The van der Waals surface area contributed by atoms with Crippen molar-refractivity contribution in [1.29, 1.82) is 0 Å². The molecular formula is C15H19ClN2O2. The third-order valence-corrected chi connectivity index (χ3v) is 4.14. The monoisotopic (exact) mass is 294 g/mol. The average Bonchev–Trinajstić information content (AvgIpc) is 2.41. The first-order valence-corrected chi connectivity index (χ1v) is 7.26. The van der Waals surface area contributed by atoms with Gasteiger partial charge >= 0.3 is 0 Å². The van der Waals surface area contributed by atoms with E-state index < -0.39 is 5.54 Å². The molecule has 3 N–H and O–H groups in total. The molecule has 1 aliphatic carbocycles. The highest BCUT2D eigenvalue weighted by molar-refractivity contribution is 6.31. The summed E-state index contributed by atoms with van der Waals surface area (Å²) in [5.74, 6) is -0.239. The van der Waals surface area contributed by atoms with Crippen molar-refractivity contribution in [2.24, 2.45) is 5.73 Å². The second-order valence-corrected chi connectivity index (χ2v) is 5.57. The Labute approximate surface area is 123 Å². The van der Waals surface area contributed by atoms with Crippen molar-refractivity contribution in [3.63, 3.8) is 0 Å². The number of amides is 1. The molecule has 1 atom stereocenters. The maximum absolute atomic E-state index is 12.5. The Bertz CT molecular complexity index is 518. The summed E-state index contributed by atoms with van der Waals surface area (Å²) in [5, 5.41) is 3.82. The molecule has 1 unspecified atom stereocenters. The molecule has 0 spiro atoms. The molecule has 5 heteroatoms. The number of ketones is 1. The maximum Gasteiger partial charge on any atom is 0.218 e. The van der Waals surface area contributed by atoms with Gasteiger partial charge in [0.25, 0.3) is 0 Å². The van der Waals surface area contributed by atoms with Gasteiger partial charge in [0.2, 0.25) is 5.91 Å². The van der Waals surface area contributed by atoms with Crippen LogP contribution in [0.15, 0.2) is 24.3 Å². The van der Waals surface area contributed by atoms with E-state index in [-0.39, 0.29) is 18.1 Å². The standard InChI is InChI=1S/C15H19ClN2O2/c16-12-6-2-1-5-11(12)15(18-10-8-14(17)20)9-4-3-7-13(15)19/h1-2,5-6,18H,3-4,7-10H2,(H2,17,20). The molecule has 0 aromatic heterocycles.